The van der Waals surface area contributed by atoms with Crippen LogP contribution in [0.5, 0.6) is 5.75 Å². The molecule has 2 atom stereocenters. The van der Waals surface area contributed by atoms with E-state index in [4.69, 9.17) is 4.74 Å². The molecule has 2 unspecified atom stereocenters. The molecule has 0 saturated heterocycles. The lowest BCUT2D eigenvalue weighted by atomic mass is 10.0. The molecule has 0 amide bonds. The minimum absolute atomic E-state index is 0.274. The van der Waals surface area contributed by atoms with Gasteiger partial charge in [0.25, 0.3) is 0 Å². The Morgan fingerprint density at radius 1 is 1.19 bits per heavy atom. The van der Waals surface area contributed by atoms with Crippen molar-refractivity contribution in [3.63, 3.8) is 0 Å². The zero-order valence-corrected chi connectivity index (χ0v) is 13.0. The van der Waals surface area contributed by atoms with Gasteiger partial charge in [0.1, 0.15) is 5.75 Å². The number of rotatable bonds is 4. The number of hydrogen-bond acceptors (Lipinski definition) is 2. The van der Waals surface area contributed by atoms with Gasteiger partial charge in [-0.3, -0.25) is 0 Å². The second-order valence-corrected chi connectivity index (χ2v) is 5.92. The van der Waals surface area contributed by atoms with Gasteiger partial charge < -0.3 is 10.1 Å². The van der Waals surface area contributed by atoms with E-state index in [-0.39, 0.29) is 6.04 Å². The summed E-state index contributed by atoms with van der Waals surface area (Å²) in [4.78, 5) is 0. The van der Waals surface area contributed by atoms with E-state index in [1.165, 1.54) is 35.1 Å². The summed E-state index contributed by atoms with van der Waals surface area (Å²) in [6, 6.07) is 15.9. The van der Waals surface area contributed by atoms with Crippen LogP contribution in [0.3, 0.4) is 0 Å². The molecule has 0 aliphatic heterocycles. The van der Waals surface area contributed by atoms with E-state index in [0.717, 1.165) is 5.75 Å². The molecule has 1 N–H and O–H groups in total. The van der Waals surface area contributed by atoms with Crippen molar-refractivity contribution >= 4 is 0 Å². The number of fused-ring (bicyclic) bond motifs is 1. The van der Waals surface area contributed by atoms with Crippen molar-refractivity contribution in [2.24, 2.45) is 0 Å². The van der Waals surface area contributed by atoms with Crippen molar-refractivity contribution in [1.29, 1.82) is 0 Å². The molecule has 2 nitrogen and oxygen atoms in total. The van der Waals surface area contributed by atoms with E-state index in [1.807, 2.05) is 0 Å². The lowest BCUT2D eigenvalue weighted by Crippen LogP contribution is -2.23. The van der Waals surface area contributed by atoms with Gasteiger partial charge in [-0.05, 0) is 43.9 Å². The van der Waals surface area contributed by atoms with E-state index >= 15 is 0 Å². The average Bonchev–Trinajstić information content (AvgIpc) is 2.90. The third-order valence-corrected chi connectivity index (χ3v) is 4.44. The highest BCUT2D eigenvalue weighted by Gasteiger charge is 2.24. The zero-order valence-electron chi connectivity index (χ0n) is 13.0. The molecular weight excluding hydrogens is 258 g/mol. The molecule has 2 aromatic carbocycles. The Morgan fingerprint density at radius 2 is 2.00 bits per heavy atom. The Morgan fingerprint density at radius 3 is 2.81 bits per heavy atom. The van der Waals surface area contributed by atoms with E-state index in [0.29, 0.717) is 6.04 Å². The fraction of sp³-hybridized carbons (Fsp3) is 0.368. The Bertz CT molecular complexity index is 635. The van der Waals surface area contributed by atoms with Gasteiger partial charge in [0.15, 0.2) is 0 Å². The van der Waals surface area contributed by atoms with Gasteiger partial charge >= 0.3 is 0 Å². The van der Waals surface area contributed by atoms with Crippen molar-refractivity contribution < 1.29 is 4.74 Å². The number of benzene rings is 2. The Balaban J connectivity index is 1.82. The fourth-order valence-electron chi connectivity index (χ4n) is 3.31. The van der Waals surface area contributed by atoms with E-state index in [2.05, 4.69) is 61.6 Å². The largest absolute Gasteiger partial charge is 0.496 e. The third kappa shape index (κ3) is 2.81. The van der Waals surface area contributed by atoms with Crippen LogP contribution in [0.15, 0.2) is 42.5 Å². The highest BCUT2D eigenvalue weighted by atomic mass is 16.5. The average molecular weight is 281 g/mol. The Kier molecular flexibility index (Phi) is 3.98. The predicted octanol–water partition coefficient (Wildman–Crippen LogP) is 4.34. The van der Waals surface area contributed by atoms with Gasteiger partial charge in [0.2, 0.25) is 0 Å². The monoisotopic (exact) mass is 281 g/mol. The van der Waals surface area contributed by atoms with Crippen molar-refractivity contribution in [3.8, 4) is 5.75 Å². The molecule has 0 heterocycles. The van der Waals surface area contributed by atoms with E-state index < -0.39 is 0 Å². The second-order valence-electron chi connectivity index (χ2n) is 5.92. The summed E-state index contributed by atoms with van der Waals surface area (Å²) in [5, 5.41) is 3.77. The minimum Gasteiger partial charge on any atom is -0.496 e. The van der Waals surface area contributed by atoms with Crippen LogP contribution in [-0.4, -0.2) is 7.11 Å². The van der Waals surface area contributed by atoms with Gasteiger partial charge in [0, 0.05) is 17.6 Å². The molecule has 3 rings (SSSR count). The first-order valence-corrected chi connectivity index (χ1v) is 7.67. The molecule has 0 aromatic heterocycles. The van der Waals surface area contributed by atoms with Crippen LogP contribution in [0.25, 0.3) is 0 Å². The molecule has 0 bridgehead atoms. The number of aryl methyl sites for hydroxylation is 2. The lowest BCUT2D eigenvalue weighted by Gasteiger charge is -2.23. The molecule has 1 aliphatic carbocycles. The topological polar surface area (TPSA) is 21.3 Å². The highest BCUT2D eigenvalue weighted by molar-refractivity contribution is 5.40. The molecule has 110 valence electrons. The fourth-order valence-corrected chi connectivity index (χ4v) is 3.31. The lowest BCUT2D eigenvalue weighted by molar-refractivity contribution is 0.393. The van der Waals surface area contributed by atoms with Crippen LogP contribution in [0.1, 0.15) is 47.7 Å². The summed E-state index contributed by atoms with van der Waals surface area (Å²) in [5.74, 6) is 0.965. The number of hydrogen-bond donors (Lipinski definition) is 1. The maximum atomic E-state index is 5.52. The molecule has 2 aromatic rings. The number of ether oxygens (including phenoxy) is 1. The van der Waals surface area contributed by atoms with Crippen LogP contribution in [0.2, 0.25) is 0 Å². The van der Waals surface area contributed by atoms with Gasteiger partial charge in [-0.2, -0.15) is 0 Å². The normalized spacial score (nSPS) is 18.3. The van der Waals surface area contributed by atoms with Gasteiger partial charge in [0.05, 0.1) is 7.11 Å². The molecule has 0 fully saturated rings. The summed E-state index contributed by atoms with van der Waals surface area (Å²) in [6.07, 6.45) is 2.35. The van der Waals surface area contributed by atoms with Crippen molar-refractivity contribution in [3.05, 3.63) is 64.7 Å². The van der Waals surface area contributed by atoms with Crippen LogP contribution >= 0.6 is 0 Å². The standard InChI is InChI=1S/C19H23NO/c1-13-8-11-19(21-3)17(12-13)14(2)20-18-10-9-15-6-4-5-7-16(15)18/h4-8,11-12,14,18,20H,9-10H2,1-3H3. The van der Waals surface area contributed by atoms with Gasteiger partial charge in [-0.25, -0.2) is 0 Å². The molecule has 1 aliphatic rings. The molecule has 21 heavy (non-hydrogen) atoms. The van der Waals surface area contributed by atoms with Gasteiger partial charge in [-0.1, -0.05) is 42.0 Å². The van der Waals surface area contributed by atoms with Crippen LogP contribution in [0.4, 0.5) is 0 Å². The minimum atomic E-state index is 0.274. The first-order valence-electron chi connectivity index (χ1n) is 7.67. The summed E-state index contributed by atoms with van der Waals surface area (Å²) in [6.45, 7) is 4.35. The zero-order chi connectivity index (χ0) is 14.8. The summed E-state index contributed by atoms with van der Waals surface area (Å²) < 4.78 is 5.52. The SMILES string of the molecule is COc1ccc(C)cc1C(C)NC1CCc2ccccc21. The molecular formula is C19H23NO. The Hall–Kier alpha value is -1.80. The maximum Gasteiger partial charge on any atom is 0.123 e. The van der Waals surface area contributed by atoms with Crippen LogP contribution in [0, 0.1) is 6.92 Å². The first kappa shape index (κ1) is 14.2. The highest BCUT2D eigenvalue weighted by Crippen LogP contribution is 2.34. The third-order valence-electron chi connectivity index (χ3n) is 4.44. The van der Waals surface area contributed by atoms with Crippen molar-refractivity contribution in [2.45, 2.75) is 38.8 Å². The van der Waals surface area contributed by atoms with Crippen molar-refractivity contribution in [1.82, 2.24) is 5.32 Å². The first-order chi connectivity index (χ1) is 10.2. The van der Waals surface area contributed by atoms with Gasteiger partial charge in [-0.15, -0.1) is 0 Å². The summed E-state index contributed by atoms with van der Waals surface area (Å²) in [5.41, 5.74) is 5.45. The van der Waals surface area contributed by atoms with E-state index in [1.54, 1.807) is 7.11 Å². The second kappa shape index (κ2) is 5.90. The summed E-state index contributed by atoms with van der Waals surface area (Å²) >= 11 is 0. The Labute approximate surface area is 127 Å². The van der Waals surface area contributed by atoms with E-state index in [9.17, 15) is 0 Å². The molecule has 2 heteroatoms. The van der Waals surface area contributed by atoms with Crippen molar-refractivity contribution in [2.75, 3.05) is 7.11 Å². The van der Waals surface area contributed by atoms with Crippen LogP contribution in [-0.2, 0) is 6.42 Å². The molecule has 0 saturated carbocycles. The quantitative estimate of drug-likeness (QED) is 0.900. The number of methoxy groups -OCH3 is 1. The molecule has 0 spiro atoms. The predicted molar refractivity (Wildman–Crippen MR) is 86.8 cm³/mol. The summed E-state index contributed by atoms with van der Waals surface area (Å²) in [7, 11) is 1.74. The maximum absolute atomic E-state index is 5.52. The number of nitrogens with one attached hydrogen (secondary N) is 1. The smallest absolute Gasteiger partial charge is 0.123 e. The van der Waals surface area contributed by atoms with Crippen LogP contribution < -0.4 is 10.1 Å². The molecule has 0 radical (unpaired) electrons.